The van der Waals surface area contributed by atoms with Crippen LogP contribution < -0.4 is 5.32 Å². The fraction of sp³-hybridized carbons (Fsp3) is 0.765. The SMILES string of the molecule is Cc1sc(CNC2CC2)cc1CN(C)CC1CCN(C)C1. The maximum Gasteiger partial charge on any atom is 0.0302 e. The van der Waals surface area contributed by atoms with Crippen molar-refractivity contribution in [1.82, 2.24) is 15.1 Å². The first-order valence-electron chi connectivity index (χ1n) is 8.29. The van der Waals surface area contributed by atoms with E-state index in [0.29, 0.717) is 0 Å². The van der Waals surface area contributed by atoms with Gasteiger partial charge in [0.15, 0.2) is 0 Å². The number of thiophene rings is 1. The molecule has 0 radical (unpaired) electrons. The lowest BCUT2D eigenvalue weighted by Crippen LogP contribution is -2.27. The van der Waals surface area contributed by atoms with Gasteiger partial charge in [0.25, 0.3) is 0 Å². The maximum atomic E-state index is 3.62. The molecule has 3 rings (SSSR count). The van der Waals surface area contributed by atoms with Crippen LogP contribution in [0.4, 0.5) is 0 Å². The molecular weight excluding hydrogens is 278 g/mol. The minimum absolute atomic E-state index is 0.804. The Balaban J connectivity index is 1.48. The number of hydrogen-bond donors (Lipinski definition) is 1. The van der Waals surface area contributed by atoms with E-state index in [0.717, 1.165) is 25.0 Å². The van der Waals surface area contributed by atoms with Gasteiger partial charge < -0.3 is 15.1 Å². The maximum absolute atomic E-state index is 3.62. The zero-order valence-electron chi connectivity index (χ0n) is 13.7. The molecule has 4 heteroatoms. The number of hydrogen-bond acceptors (Lipinski definition) is 4. The third-order valence-electron chi connectivity index (χ3n) is 4.71. The molecule has 1 saturated heterocycles. The highest BCUT2D eigenvalue weighted by atomic mass is 32.1. The van der Waals surface area contributed by atoms with E-state index in [1.807, 2.05) is 11.3 Å². The summed E-state index contributed by atoms with van der Waals surface area (Å²) in [7, 11) is 4.51. The molecule has 1 saturated carbocycles. The number of likely N-dealkylation sites (tertiary alicyclic amines) is 1. The summed E-state index contributed by atoms with van der Waals surface area (Å²) in [5, 5.41) is 3.62. The van der Waals surface area contributed by atoms with Gasteiger partial charge >= 0.3 is 0 Å². The Hall–Kier alpha value is -0.420. The first-order chi connectivity index (χ1) is 10.1. The Kier molecular flexibility index (Phi) is 4.99. The summed E-state index contributed by atoms with van der Waals surface area (Å²) in [4.78, 5) is 7.97. The summed E-state index contributed by atoms with van der Waals surface area (Å²) < 4.78 is 0. The number of rotatable bonds is 7. The summed E-state index contributed by atoms with van der Waals surface area (Å²) in [5.41, 5.74) is 1.53. The number of nitrogens with zero attached hydrogens (tertiary/aromatic N) is 2. The topological polar surface area (TPSA) is 18.5 Å². The molecule has 1 aromatic heterocycles. The van der Waals surface area contributed by atoms with Gasteiger partial charge in [0.1, 0.15) is 0 Å². The third kappa shape index (κ3) is 4.52. The van der Waals surface area contributed by atoms with Gasteiger partial charge in [-0.15, -0.1) is 11.3 Å². The molecule has 3 nitrogen and oxygen atoms in total. The molecule has 1 aliphatic carbocycles. The van der Waals surface area contributed by atoms with Crippen LogP contribution >= 0.6 is 11.3 Å². The lowest BCUT2D eigenvalue weighted by Gasteiger charge is -2.20. The van der Waals surface area contributed by atoms with E-state index in [4.69, 9.17) is 0 Å². The Bertz CT molecular complexity index is 467. The van der Waals surface area contributed by atoms with Crippen LogP contribution in [0.5, 0.6) is 0 Å². The molecule has 2 heterocycles. The second-order valence-corrected chi connectivity index (χ2v) is 8.40. The van der Waals surface area contributed by atoms with Crippen molar-refractivity contribution < 1.29 is 0 Å². The zero-order valence-corrected chi connectivity index (χ0v) is 14.5. The molecule has 1 unspecified atom stereocenters. The lowest BCUT2D eigenvalue weighted by molar-refractivity contribution is 0.267. The van der Waals surface area contributed by atoms with Gasteiger partial charge in [-0.05, 0) is 64.4 Å². The number of nitrogens with one attached hydrogen (secondary N) is 1. The van der Waals surface area contributed by atoms with E-state index in [-0.39, 0.29) is 0 Å². The molecule has 1 N–H and O–H groups in total. The molecule has 2 fully saturated rings. The first kappa shape index (κ1) is 15.5. The smallest absolute Gasteiger partial charge is 0.0302 e. The highest BCUT2D eigenvalue weighted by molar-refractivity contribution is 7.12. The van der Waals surface area contributed by atoms with Gasteiger partial charge in [-0.25, -0.2) is 0 Å². The highest BCUT2D eigenvalue weighted by Crippen LogP contribution is 2.25. The van der Waals surface area contributed by atoms with Crippen LogP contribution in [0.3, 0.4) is 0 Å². The zero-order chi connectivity index (χ0) is 14.8. The molecule has 0 amide bonds. The van der Waals surface area contributed by atoms with Gasteiger partial charge in [-0.3, -0.25) is 0 Å². The fourth-order valence-electron chi connectivity index (χ4n) is 3.34. The quantitative estimate of drug-likeness (QED) is 0.835. The van der Waals surface area contributed by atoms with Crippen LogP contribution in [0.2, 0.25) is 0 Å². The van der Waals surface area contributed by atoms with E-state index in [1.165, 1.54) is 54.2 Å². The predicted molar refractivity (Wildman–Crippen MR) is 90.9 cm³/mol. The lowest BCUT2D eigenvalue weighted by atomic mass is 10.1. The van der Waals surface area contributed by atoms with E-state index < -0.39 is 0 Å². The summed E-state index contributed by atoms with van der Waals surface area (Å²) in [6, 6.07) is 3.23. The van der Waals surface area contributed by atoms with E-state index in [1.54, 1.807) is 0 Å². The Morgan fingerprint density at radius 2 is 2.19 bits per heavy atom. The van der Waals surface area contributed by atoms with Crippen molar-refractivity contribution >= 4 is 11.3 Å². The molecule has 2 aliphatic rings. The van der Waals surface area contributed by atoms with Crippen LogP contribution in [0.25, 0.3) is 0 Å². The fourth-order valence-corrected chi connectivity index (χ4v) is 4.34. The average molecular weight is 308 g/mol. The van der Waals surface area contributed by atoms with E-state index in [2.05, 4.69) is 42.2 Å². The molecule has 1 aromatic rings. The van der Waals surface area contributed by atoms with Crippen LogP contribution in [0.15, 0.2) is 6.07 Å². The van der Waals surface area contributed by atoms with Gasteiger partial charge in [0.2, 0.25) is 0 Å². The molecule has 0 aromatic carbocycles. The van der Waals surface area contributed by atoms with Crippen molar-refractivity contribution in [3.8, 4) is 0 Å². The second kappa shape index (κ2) is 6.78. The summed E-state index contributed by atoms with van der Waals surface area (Å²) >= 11 is 1.97. The Morgan fingerprint density at radius 3 is 2.86 bits per heavy atom. The van der Waals surface area contributed by atoms with E-state index >= 15 is 0 Å². The van der Waals surface area contributed by atoms with Crippen molar-refractivity contribution in [2.24, 2.45) is 5.92 Å². The Labute approximate surface area is 133 Å². The normalized spacial score (nSPS) is 23.3. The first-order valence-corrected chi connectivity index (χ1v) is 9.10. The van der Waals surface area contributed by atoms with Gasteiger partial charge in [0.05, 0.1) is 0 Å². The molecule has 0 spiro atoms. The monoisotopic (exact) mass is 307 g/mol. The Morgan fingerprint density at radius 1 is 1.38 bits per heavy atom. The molecule has 21 heavy (non-hydrogen) atoms. The van der Waals surface area contributed by atoms with Crippen LogP contribution in [0, 0.1) is 12.8 Å². The molecular formula is C17H29N3S. The summed E-state index contributed by atoms with van der Waals surface area (Å²) in [6.45, 7) is 8.21. The molecule has 1 aliphatic heterocycles. The van der Waals surface area contributed by atoms with Crippen molar-refractivity contribution in [2.45, 2.75) is 45.3 Å². The minimum Gasteiger partial charge on any atom is -0.309 e. The van der Waals surface area contributed by atoms with Gasteiger partial charge in [0, 0.05) is 42.0 Å². The molecule has 0 bridgehead atoms. The standard InChI is InChI=1S/C17H29N3S/c1-13-15(8-17(21-13)9-18-16-4-5-16)12-20(3)11-14-6-7-19(2)10-14/h8,14,16,18H,4-7,9-12H2,1-3H3. The highest BCUT2D eigenvalue weighted by Gasteiger charge is 2.22. The summed E-state index contributed by atoms with van der Waals surface area (Å²) in [5.74, 6) is 0.856. The van der Waals surface area contributed by atoms with Crippen molar-refractivity contribution in [3.05, 3.63) is 21.4 Å². The third-order valence-corrected chi connectivity index (χ3v) is 5.81. The largest absolute Gasteiger partial charge is 0.309 e. The minimum atomic E-state index is 0.804. The van der Waals surface area contributed by atoms with E-state index in [9.17, 15) is 0 Å². The van der Waals surface area contributed by atoms with Crippen molar-refractivity contribution in [3.63, 3.8) is 0 Å². The van der Waals surface area contributed by atoms with Gasteiger partial charge in [-0.1, -0.05) is 0 Å². The van der Waals surface area contributed by atoms with Crippen molar-refractivity contribution in [2.75, 3.05) is 33.7 Å². The van der Waals surface area contributed by atoms with Gasteiger partial charge in [-0.2, -0.15) is 0 Å². The molecule has 1 atom stereocenters. The second-order valence-electron chi connectivity index (χ2n) is 7.06. The van der Waals surface area contributed by atoms with Crippen LogP contribution in [-0.4, -0.2) is 49.6 Å². The van der Waals surface area contributed by atoms with Crippen LogP contribution in [0.1, 0.15) is 34.6 Å². The summed E-state index contributed by atoms with van der Waals surface area (Å²) in [6.07, 6.45) is 4.10. The van der Waals surface area contributed by atoms with Crippen LogP contribution in [-0.2, 0) is 13.1 Å². The predicted octanol–water partition coefficient (Wildman–Crippen LogP) is 2.69. The number of aryl methyl sites for hydroxylation is 1. The van der Waals surface area contributed by atoms with Crippen molar-refractivity contribution in [1.29, 1.82) is 0 Å². The molecule has 118 valence electrons. The average Bonchev–Trinajstić information content (AvgIpc) is 3.08.